The molecule has 0 aromatic heterocycles. The molecule has 0 spiro atoms. The Hall–Kier alpha value is -0.860. The molecule has 0 saturated carbocycles. The van der Waals surface area contributed by atoms with Crippen LogP contribution in [0, 0.1) is 5.92 Å². The molecule has 1 fully saturated rings. The molecule has 2 atom stereocenters. The van der Waals surface area contributed by atoms with E-state index < -0.39 is 0 Å². The Labute approximate surface area is 118 Å². The second-order valence-corrected chi connectivity index (χ2v) is 5.93. The molecule has 1 aliphatic heterocycles. The van der Waals surface area contributed by atoms with Crippen molar-refractivity contribution in [1.29, 1.82) is 0 Å². The quantitative estimate of drug-likeness (QED) is 0.842. The lowest BCUT2D eigenvalue weighted by molar-refractivity contribution is 0.143. The minimum Gasteiger partial charge on any atom is -0.315 e. The van der Waals surface area contributed by atoms with Crippen molar-refractivity contribution in [3.8, 4) is 0 Å². The van der Waals surface area contributed by atoms with Crippen LogP contribution in [0.5, 0.6) is 0 Å². The van der Waals surface area contributed by atoms with E-state index in [1.807, 2.05) is 0 Å². The van der Waals surface area contributed by atoms with Crippen LogP contribution in [0.1, 0.15) is 45.2 Å². The van der Waals surface area contributed by atoms with Gasteiger partial charge in [-0.25, -0.2) is 0 Å². The molecule has 2 nitrogen and oxygen atoms in total. The number of benzene rings is 1. The molecule has 1 saturated heterocycles. The van der Waals surface area contributed by atoms with Crippen LogP contribution in [-0.4, -0.2) is 30.6 Å². The first-order valence-electron chi connectivity index (χ1n) is 7.75. The molecule has 106 valence electrons. The lowest BCUT2D eigenvalue weighted by atomic mass is 9.98. The zero-order chi connectivity index (χ0) is 13.7. The van der Waals surface area contributed by atoms with Crippen molar-refractivity contribution in [2.75, 3.05) is 19.6 Å². The Morgan fingerprint density at radius 2 is 2.00 bits per heavy atom. The molecular weight excluding hydrogens is 232 g/mol. The molecule has 2 unspecified atom stereocenters. The highest BCUT2D eigenvalue weighted by molar-refractivity contribution is 5.20. The van der Waals surface area contributed by atoms with E-state index in [4.69, 9.17) is 0 Å². The summed E-state index contributed by atoms with van der Waals surface area (Å²) in [5.74, 6) is 0.746. The van der Waals surface area contributed by atoms with Crippen LogP contribution in [0.15, 0.2) is 30.3 Å². The molecule has 0 radical (unpaired) electrons. The zero-order valence-electron chi connectivity index (χ0n) is 12.6. The third kappa shape index (κ3) is 3.58. The smallest absolute Gasteiger partial charge is 0.0475 e. The summed E-state index contributed by atoms with van der Waals surface area (Å²) in [5.41, 5.74) is 1.45. The Kier molecular flexibility index (Phi) is 5.41. The summed E-state index contributed by atoms with van der Waals surface area (Å²) in [7, 11) is 0. The SMILES string of the molecule is CCNCC(c1ccccc1)N1CCCC1C(C)C. The minimum atomic E-state index is 0.524. The van der Waals surface area contributed by atoms with E-state index in [1.165, 1.54) is 24.9 Å². The molecule has 0 aliphatic carbocycles. The summed E-state index contributed by atoms with van der Waals surface area (Å²) in [6, 6.07) is 12.2. The second kappa shape index (κ2) is 7.06. The van der Waals surface area contributed by atoms with Crippen LogP contribution in [0.2, 0.25) is 0 Å². The van der Waals surface area contributed by atoms with Gasteiger partial charge < -0.3 is 5.32 Å². The molecule has 19 heavy (non-hydrogen) atoms. The summed E-state index contributed by atoms with van der Waals surface area (Å²) >= 11 is 0. The van der Waals surface area contributed by atoms with E-state index >= 15 is 0 Å². The number of hydrogen-bond donors (Lipinski definition) is 1. The fourth-order valence-corrected chi connectivity index (χ4v) is 3.30. The van der Waals surface area contributed by atoms with Crippen molar-refractivity contribution >= 4 is 0 Å². The van der Waals surface area contributed by atoms with Gasteiger partial charge in [0, 0.05) is 18.6 Å². The lowest BCUT2D eigenvalue weighted by Crippen LogP contribution is -2.41. The van der Waals surface area contributed by atoms with E-state index in [9.17, 15) is 0 Å². The molecule has 1 heterocycles. The topological polar surface area (TPSA) is 15.3 Å². The standard InChI is InChI=1S/C17H28N2/c1-4-18-13-17(15-9-6-5-7-10-15)19-12-8-11-16(19)14(2)3/h5-7,9-10,14,16-18H,4,8,11-13H2,1-3H3. The molecule has 1 aromatic carbocycles. The average molecular weight is 260 g/mol. The summed E-state index contributed by atoms with van der Waals surface area (Å²) in [4.78, 5) is 2.72. The molecule has 1 N–H and O–H groups in total. The average Bonchev–Trinajstić information content (AvgIpc) is 2.90. The van der Waals surface area contributed by atoms with Gasteiger partial charge in [-0.2, -0.15) is 0 Å². The monoisotopic (exact) mass is 260 g/mol. The van der Waals surface area contributed by atoms with Gasteiger partial charge in [-0.1, -0.05) is 51.1 Å². The first-order valence-corrected chi connectivity index (χ1v) is 7.75. The highest BCUT2D eigenvalue weighted by Gasteiger charge is 2.32. The molecular formula is C17H28N2. The molecule has 1 aromatic rings. The maximum absolute atomic E-state index is 3.54. The van der Waals surface area contributed by atoms with Crippen LogP contribution in [0.3, 0.4) is 0 Å². The maximum atomic E-state index is 3.54. The number of likely N-dealkylation sites (tertiary alicyclic amines) is 1. The van der Waals surface area contributed by atoms with E-state index in [-0.39, 0.29) is 0 Å². The summed E-state index contributed by atoms with van der Waals surface area (Å²) < 4.78 is 0. The van der Waals surface area contributed by atoms with Gasteiger partial charge in [-0.05, 0) is 37.4 Å². The molecule has 0 amide bonds. The zero-order valence-corrected chi connectivity index (χ0v) is 12.6. The number of rotatable bonds is 6. The lowest BCUT2D eigenvalue weighted by Gasteiger charge is -2.35. The van der Waals surface area contributed by atoms with Crippen LogP contribution < -0.4 is 5.32 Å². The first kappa shape index (κ1) is 14.5. The summed E-state index contributed by atoms with van der Waals surface area (Å²) in [6.07, 6.45) is 2.70. The van der Waals surface area contributed by atoms with Gasteiger partial charge in [0.15, 0.2) is 0 Å². The van der Waals surface area contributed by atoms with E-state index in [0.717, 1.165) is 25.0 Å². The first-order chi connectivity index (χ1) is 9.24. The minimum absolute atomic E-state index is 0.524. The van der Waals surface area contributed by atoms with E-state index in [2.05, 4.69) is 61.3 Å². The Balaban J connectivity index is 2.17. The molecule has 2 heteroatoms. The van der Waals surface area contributed by atoms with Crippen molar-refractivity contribution in [3.63, 3.8) is 0 Å². The maximum Gasteiger partial charge on any atom is 0.0475 e. The highest BCUT2D eigenvalue weighted by Crippen LogP contribution is 2.32. The van der Waals surface area contributed by atoms with Gasteiger partial charge in [0.2, 0.25) is 0 Å². The predicted molar refractivity (Wildman–Crippen MR) is 82.3 cm³/mol. The Morgan fingerprint density at radius 3 is 2.63 bits per heavy atom. The van der Waals surface area contributed by atoms with Gasteiger partial charge in [0.05, 0.1) is 0 Å². The van der Waals surface area contributed by atoms with Crippen molar-refractivity contribution in [3.05, 3.63) is 35.9 Å². The van der Waals surface area contributed by atoms with Gasteiger partial charge in [-0.3, -0.25) is 4.90 Å². The van der Waals surface area contributed by atoms with Crippen LogP contribution in [-0.2, 0) is 0 Å². The molecule has 0 bridgehead atoms. The summed E-state index contributed by atoms with van der Waals surface area (Å²) in [6.45, 7) is 10.3. The Morgan fingerprint density at radius 1 is 1.26 bits per heavy atom. The van der Waals surface area contributed by atoms with Crippen molar-refractivity contribution < 1.29 is 0 Å². The second-order valence-electron chi connectivity index (χ2n) is 5.93. The van der Waals surface area contributed by atoms with Crippen molar-refractivity contribution in [1.82, 2.24) is 10.2 Å². The third-order valence-corrected chi connectivity index (χ3v) is 4.28. The van der Waals surface area contributed by atoms with Crippen LogP contribution >= 0.6 is 0 Å². The largest absolute Gasteiger partial charge is 0.315 e. The fraction of sp³-hybridized carbons (Fsp3) is 0.647. The number of likely N-dealkylation sites (N-methyl/N-ethyl adjacent to an activating group) is 1. The number of hydrogen-bond acceptors (Lipinski definition) is 2. The molecule has 2 rings (SSSR count). The third-order valence-electron chi connectivity index (χ3n) is 4.28. The van der Waals surface area contributed by atoms with E-state index in [1.54, 1.807) is 0 Å². The van der Waals surface area contributed by atoms with Crippen molar-refractivity contribution in [2.45, 2.75) is 45.7 Å². The van der Waals surface area contributed by atoms with E-state index in [0.29, 0.717) is 6.04 Å². The Bertz CT molecular complexity index is 361. The number of nitrogens with one attached hydrogen (secondary N) is 1. The van der Waals surface area contributed by atoms with Gasteiger partial charge >= 0.3 is 0 Å². The van der Waals surface area contributed by atoms with Gasteiger partial charge in [0.25, 0.3) is 0 Å². The van der Waals surface area contributed by atoms with Crippen LogP contribution in [0.25, 0.3) is 0 Å². The van der Waals surface area contributed by atoms with Crippen LogP contribution in [0.4, 0.5) is 0 Å². The van der Waals surface area contributed by atoms with Gasteiger partial charge in [-0.15, -0.1) is 0 Å². The normalized spacial score (nSPS) is 22.0. The summed E-state index contributed by atoms with van der Waals surface area (Å²) in [5, 5.41) is 3.54. The highest BCUT2D eigenvalue weighted by atomic mass is 15.2. The fourth-order valence-electron chi connectivity index (χ4n) is 3.30. The van der Waals surface area contributed by atoms with Gasteiger partial charge in [0.1, 0.15) is 0 Å². The predicted octanol–water partition coefficient (Wildman–Crippen LogP) is 3.46. The van der Waals surface area contributed by atoms with Crippen molar-refractivity contribution in [2.24, 2.45) is 5.92 Å². The number of nitrogens with zero attached hydrogens (tertiary/aromatic N) is 1. The molecule has 1 aliphatic rings.